The van der Waals surface area contributed by atoms with Gasteiger partial charge in [-0.25, -0.2) is 18.4 Å². The predicted molar refractivity (Wildman–Crippen MR) is 54.8 cm³/mol. The highest BCUT2D eigenvalue weighted by molar-refractivity contribution is 7.92. The fraction of sp³-hybridized carbons (Fsp3) is 0.429. The van der Waals surface area contributed by atoms with Crippen molar-refractivity contribution in [2.24, 2.45) is 0 Å². The van der Waals surface area contributed by atoms with Crippen molar-refractivity contribution in [3.05, 3.63) is 18.5 Å². The maximum Gasteiger partial charge on any atom is 0.236 e. The minimum Gasteiger partial charge on any atom is -0.251 e. The Morgan fingerprint density at radius 1 is 1.36 bits per heavy atom. The van der Waals surface area contributed by atoms with Gasteiger partial charge in [0.05, 0.1) is 5.75 Å². The van der Waals surface area contributed by atoms with Gasteiger partial charge in [-0.2, -0.15) is 0 Å². The molecule has 0 bridgehead atoms. The molecule has 78 valence electrons. The van der Waals surface area contributed by atoms with Crippen molar-refractivity contribution in [3.63, 3.8) is 0 Å². The second-order valence-electron chi connectivity index (χ2n) is 2.54. The smallest absolute Gasteiger partial charge is 0.236 e. The second-order valence-corrected chi connectivity index (χ2v) is 4.76. The molecule has 0 aliphatic carbocycles. The Morgan fingerprint density at radius 3 is 2.57 bits per heavy atom. The number of alkyl halides is 1. The molecule has 1 aromatic rings. The predicted octanol–water partition coefficient (Wildman–Crippen LogP) is 0.847. The highest BCUT2D eigenvalue weighted by Gasteiger charge is 2.10. The van der Waals surface area contributed by atoms with Crippen molar-refractivity contribution in [2.45, 2.75) is 6.42 Å². The quantitative estimate of drug-likeness (QED) is 0.768. The van der Waals surface area contributed by atoms with Crippen LogP contribution < -0.4 is 4.72 Å². The minimum absolute atomic E-state index is 0.0191. The summed E-state index contributed by atoms with van der Waals surface area (Å²) in [6, 6.07) is 1.61. The van der Waals surface area contributed by atoms with Crippen LogP contribution in [0.2, 0.25) is 0 Å². The third kappa shape index (κ3) is 3.89. The molecular weight excluding hydrogens is 226 g/mol. The minimum atomic E-state index is -3.36. The summed E-state index contributed by atoms with van der Waals surface area (Å²) in [6.07, 6.45) is 3.34. The van der Waals surface area contributed by atoms with Crippen LogP contribution in [0, 0.1) is 0 Å². The van der Waals surface area contributed by atoms with Crippen LogP contribution in [-0.2, 0) is 10.0 Å². The van der Waals surface area contributed by atoms with Gasteiger partial charge in [-0.3, -0.25) is 4.72 Å². The average molecular weight is 236 g/mol. The third-order valence-corrected chi connectivity index (χ3v) is 2.95. The number of sulfonamides is 1. The standard InChI is InChI=1S/C7H10ClN3O2S/c8-3-1-6-14(12,13)11-7-9-4-2-5-10-7/h2,4-5H,1,3,6H2,(H,9,10,11). The maximum atomic E-state index is 11.3. The lowest BCUT2D eigenvalue weighted by Crippen LogP contribution is -2.18. The molecule has 1 N–H and O–H groups in total. The summed E-state index contributed by atoms with van der Waals surface area (Å²) in [4.78, 5) is 7.48. The molecule has 0 saturated carbocycles. The number of hydrogen-bond acceptors (Lipinski definition) is 4. The van der Waals surface area contributed by atoms with Crippen LogP contribution >= 0.6 is 11.6 Å². The van der Waals surface area contributed by atoms with E-state index in [4.69, 9.17) is 11.6 Å². The van der Waals surface area contributed by atoms with Crippen molar-refractivity contribution < 1.29 is 8.42 Å². The molecule has 14 heavy (non-hydrogen) atoms. The van der Waals surface area contributed by atoms with E-state index in [1.54, 1.807) is 6.07 Å². The summed E-state index contributed by atoms with van der Waals surface area (Å²) >= 11 is 5.39. The lowest BCUT2D eigenvalue weighted by Gasteiger charge is -2.04. The van der Waals surface area contributed by atoms with E-state index in [0.717, 1.165) is 0 Å². The van der Waals surface area contributed by atoms with Gasteiger partial charge in [0.2, 0.25) is 16.0 Å². The van der Waals surface area contributed by atoms with Crippen LogP contribution in [0.15, 0.2) is 18.5 Å². The Kier molecular flexibility index (Phi) is 4.09. The molecular formula is C7H10ClN3O2S. The van der Waals surface area contributed by atoms with E-state index in [1.807, 2.05) is 0 Å². The van der Waals surface area contributed by atoms with Crippen LogP contribution in [0.3, 0.4) is 0 Å². The number of halogens is 1. The van der Waals surface area contributed by atoms with Crippen molar-refractivity contribution in [1.29, 1.82) is 0 Å². The molecule has 0 unspecified atom stereocenters. The van der Waals surface area contributed by atoms with E-state index in [-0.39, 0.29) is 11.7 Å². The van der Waals surface area contributed by atoms with Crippen LogP contribution in [0.5, 0.6) is 0 Å². The van der Waals surface area contributed by atoms with E-state index >= 15 is 0 Å². The Balaban J connectivity index is 2.60. The average Bonchev–Trinajstić information content (AvgIpc) is 2.16. The van der Waals surface area contributed by atoms with Gasteiger partial charge < -0.3 is 0 Å². The maximum absolute atomic E-state index is 11.3. The summed E-state index contributed by atoms with van der Waals surface area (Å²) in [5.74, 6) is 0.382. The summed E-state index contributed by atoms with van der Waals surface area (Å²) < 4.78 is 24.9. The van der Waals surface area contributed by atoms with Gasteiger partial charge in [0.15, 0.2) is 0 Å². The largest absolute Gasteiger partial charge is 0.251 e. The van der Waals surface area contributed by atoms with Crippen LogP contribution in [-0.4, -0.2) is 30.0 Å². The zero-order valence-electron chi connectivity index (χ0n) is 7.35. The van der Waals surface area contributed by atoms with E-state index < -0.39 is 10.0 Å². The normalized spacial score (nSPS) is 11.2. The van der Waals surface area contributed by atoms with Gasteiger partial charge >= 0.3 is 0 Å². The number of aromatic nitrogens is 2. The van der Waals surface area contributed by atoms with Crippen LogP contribution in [0.1, 0.15) is 6.42 Å². The van der Waals surface area contributed by atoms with Crippen molar-refractivity contribution in [2.75, 3.05) is 16.4 Å². The first-order valence-electron chi connectivity index (χ1n) is 3.97. The zero-order chi connectivity index (χ0) is 10.4. The fourth-order valence-electron chi connectivity index (χ4n) is 0.786. The monoisotopic (exact) mass is 235 g/mol. The SMILES string of the molecule is O=S(=O)(CCCCl)Nc1ncccn1. The first-order valence-corrected chi connectivity index (χ1v) is 6.16. The molecule has 0 fully saturated rings. The third-order valence-electron chi connectivity index (χ3n) is 1.36. The summed E-state index contributed by atoms with van der Waals surface area (Å²) in [7, 11) is -3.36. The number of nitrogens with one attached hydrogen (secondary N) is 1. The van der Waals surface area contributed by atoms with E-state index in [2.05, 4.69) is 14.7 Å². The number of hydrogen-bond donors (Lipinski definition) is 1. The van der Waals surface area contributed by atoms with Gasteiger partial charge in [-0.1, -0.05) is 0 Å². The zero-order valence-corrected chi connectivity index (χ0v) is 8.92. The molecule has 5 nitrogen and oxygen atoms in total. The van der Waals surface area contributed by atoms with Crippen molar-refractivity contribution in [1.82, 2.24) is 9.97 Å². The molecule has 0 aromatic carbocycles. The Bertz CT molecular complexity index is 368. The second kappa shape index (κ2) is 5.11. The van der Waals surface area contributed by atoms with Gasteiger partial charge in [0.25, 0.3) is 0 Å². The Hall–Kier alpha value is -0.880. The fourth-order valence-corrected chi connectivity index (χ4v) is 2.09. The summed E-state index contributed by atoms with van der Waals surface area (Å²) in [5, 5.41) is 0. The number of rotatable bonds is 5. The van der Waals surface area contributed by atoms with E-state index in [0.29, 0.717) is 12.3 Å². The van der Waals surface area contributed by atoms with E-state index in [9.17, 15) is 8.42 Å². The van der Waals surface area contributed by atoms with Crippen molar-refractivity contribution in [3.8, 4) is 0 Å². The summed E-state index contributed by atoms with van der Waals surface area (Å²) in [5.41, 5.74) is 0. The van der Waals surface area contributed by atoms with Gasteiger partial charge in [0, 0.05) is 18.3 Å². The van der Waals surface area contributed by atoms with Gasteiger partial charge in [-0.05, 0) is 12.5 Å². The molecule has 0 atom stereocenters. The Labute approximate surface area is 87.6 Å². The molecule has 1 heterocycles. The number of anilines is 1. The molecule has 1 aromatic heterocycles. The molecule has 0 spiro atoms. The molecule has 0 aliphatic rings. The lowest BCUT2D eigenvalue weighted by atomic mass is 10.6. The molecule has 0 saturated heterocycles. The highest BCUT2D eigenvalue weighted by atomic mass is 35.5. The van der Waals surface area contributed by atoms with Crippen molar-refractivity contribution >= 4 is 27.6 Å². The lowest BCUT2D eigenvalue weighted by molar-refractivity contribution is 0.599. The topological polar surface area (TPSA) is 72.0 Å². The molecule has 0 amide bonds. The van der Waals surface area contributed by atoms with Crippen LogP contribution in [0.25, 0.3) is 0 Å². The van der Waals surface area contributed by atoms with Crippen LogP contribution in [0.4, 0.5) is 5.95 Å². The van der Waals surface area contributed by atoms with Gasteiger partial charge in [0.1, 0.15) is 0 Å². The highest BCUT2D eigenvalue weighted by Crippen LogP contribution is 2.01. The Morgan fingerprint density at radius 2 is 2.00 bits per heavy atom. The van der Waals surface area contributed by atoms with E-state index in [1.165, 1.54) is 12.4 Å². The molecule has 1 rings (SSSR count). The molecule has 0 aliphatic heterocycles. The number of nitrogens with zero attached hydrogens (tertiary/aromatic N) is 2. The first kappa shape index (κ1) is 11.2. The molecule has 0 radical (unpaired) electrons. The van der Waals surface area contributed by atoms with Gasteiger partial charge in [-0.15, -0.1) is 11.6 Å². The molecule has 7 heteroatoms. The summed E-state index contributed by atoms with van der Waals surface area (Å²) in [6.45, 7) is 0. The first-order chi connectivity index (χ1) is 6.64.